The lowest BCUT2D eigenvalue weighted by Crippen LogP contribution is -2.33. The van der Waals surface area contributed by atoms with E-state index in [2.05, 4.69) is 32.7 Å². The average Bonchev–Trinajstić information content (AvgIpc) is 2.65. The SMILES string of the molecule is CC1(C)CC(C(O)c2nccc3ccccc23)C(C)(C)O1. The van der Waals surface area contributed by atoms with Crippen LogP contribution in [0.3, 0.4) is 0 Å². The highest BCUT2D eigenvalue weighted by Gasteiger charge is 2.49. The summed E-state index contributed by atoms with van der Waals surface area (Å²) in [4.78, 5) is 4.46. The first-order valence-corrected chi connectivity index (χ1v) is 7.52. The molecular weight excluding hydrogens is 262 g/mol. The first kappa shape index (κ1) is 14.5. The molecule has 3 nitrogen and oxygen atoms in total. The number of aliphatic hydroxyl groups excluding tert-OH is 1. The number of hydrogen-bond acceptors (Lipinski definition) is 3. The second-order valence-corrected chi connectivity index (χ2v) is 7.14. The van der Waals surface area contributed by atoms with E-state index in [1.807, 2.05) is 30.3 Å². The van der Waals surface area contributed by atoms with Gasteiger partial charge in [-0.1, -0.05) is 24.3 Å². The van der Waals surface area contributed by atoms with Gasteiger partial charge in [0.1, 0.15) is 6.10 Å². The summed E-state index contributed by atoms with van der Waals surface area (Å²) in [5.74, 6) is 0.0332. The van der Waals surface area contributed by atoms with Gasteiger partial charge in [-0.3, -0.25) is 4.98 Å². The molecule has 2 heterocycles. The third-order valence-electron chi connectivity index (χ3n) is 4.51. The van der Waals surface area contributed by atoms with E-state index in [1.165, 1.54) is 0 Å². The van der Waals surface area contributed by atoms with Crippen LogP contribution >= 0.6 is 0 Å². The fourth-order valence-corrected chi connectivity index (χ4v) is 3.67. The molecular formula is C18H23NO2. The lowest BCUT2D eigenvalue weighted by atomic mass is 9.81. The second-order valence-electron chi connectivity index (χ2n) is 7.14. The molecule has 0 bridgehead atoms. The quantitative estimate of drug-likeness (QED) is 0.911. The van der Waals surface area contributed by atoms with Crippen molar-refractivity contribution >= 4 is 10.8 Å². The zero-order valence-corrected chi connectivity index (χ0v) is 13.1. The van der Waals surface area contributed by atoms with Crippen LogP contribution in [0.25, 0.3) is 10.8 Å². The molecule has 0 aliphatic carbocycles. The molecule has 1 N–H and O–H groups in total. The van der Waals surface area contributed by atoms with E-state index in [0.29, 0.717) is 0 Å². The van der Waals surface area contributed by atoms with Crippen molar-refractivity contribution in [3.63, 3.8) is 0 Å². The van der Waals surface area contributed by atoms with Gasteiger partial charge in [0.05, 0.1) is 16.9 Å². The molecule has 1 aromatic carbocycles. The monoisotopic (exact) mass is 285 g/mol. The van der Waals surface area contributed by atoms with Crippen LogP contribution in [0.15, 0.2) is 36.5 Å². The van der Waals surface area contributed by atoms with Gasteiger partial charge in [0.2, 0.25) is 0 Å². The van der Waals surface area contributed by atoms with Gasteiger partial charge >= 0.3 is 0 Å². The Labute approximate surface area is 126 Å². The van der Waals surface area contributed by atoms with Gasteiger partial charge in [0.15, 0.2) is 0 Å². The highest BCUT2D eigenvalue weighted by molar-refractivity contribution is 5.84. The molecule has 112 valence electrons. The fraction of sp³-hybridized carbons (Fsp3) is 0.500. The van der Waals surface area contributed by atoms with Crippen LogP contribution in [-0.4, -0.2) is 21.3 Å². The van der Waals surface area contributed by atoms with Crippen molar-refractivity contribution in [2.24, 2.45) is 5.92 Å². The van der Waals surface area contributed by atoms with Crippen LogP contribution < -0.4 is 0 Å². The third-order valence-corrected chi connectivity index (χ3v) is 4.51. The van der Waals surface area contributed by atoms with Crippen molar-refractivity contribution in [3.05, 3.63) is 42.2 Å². The summed E-state index contributed by atoms with van der Waals surface area (Å²) < 4.78 is 6.12. The average molecular weight is 285 g/mol. The van der Waals surface area contributed by atoms with Crippen molar-refractivity contribution in [2.45, 2.75) is 51.4 Å². The predicted octanol–water partition coefficient (Wildman–Crippen LogP) is 3.86. The molecule has 1 aliphatic rings. The highest BCUT2D eigenvalue weighted by atomic mass is 16.5. The lowest BCUT2D eigenvalue weighted by Gasteiger charge is -2.30. The second kappa shape index (κ2) is 4.79. The van der Waals surface area contributed by atoms with Crippen molar-refractivity contribution < 1.29 is 9.84 Å². The fourth-order valence-electron chi connectivity index (χ4n) is 3.67. The number of aliphatic hydroxyl groups is 1. The molecule has 0 amide bonds. The zero-order valence-electron chi connectivity index (χ0n) is 13.1. The number of nitrogens with zero attached hydrogens (tertiary/aromatic N) is 1. The molecule has 2 unspecified atom stereocenters. The number of pyridine rings is 1. The molecule has 3 rings (SSSR count). The Kier molecular flexibility index (Phi) is 3.30. The topological polar surface area (TPSA) is 42.4 Å². The normalized spacial score (nSPS) is 25.1. The number of benzene rings is 1. The van der Waals surface area contributed by atoms with E-state index in [1.54, 1.807) is 6.20 Å². The standard InChI is InChI=1S/C18H23NO2/c1-17(2)11-14(18(3,4)21-17)16(20)15-13-8-6-5-7-12(13)9-10-19-15/h5-10,14,16,20H,11H2,1-4H3. The third kappa shape index (κ3) is 2.56. The first-order chi connectivity index (χ1) is 9.80. The van der Waals surface area contributed by atoms with Crippen molar-refractivity contribution in [2.75, 3.05) is 0 Å². The Balaban J connectivity index is 2.03. The minimum absolute atomic E-state index is 0.0332. The van der Waals surface area contributed by atoms with Crippen LogP contribution in [-0.2, 0) is 4.74 Å². The van der Waals surface area contributed by atoms with Gasteiger partial charge in [0.25, 0.3) is 0 Å². The summed E-state index contributed by atoms with van der Waals surface area (Å²) in [6.07, 6.45) is 1.98. The molecule has 21 heavy (non-hydrogen) atoms. The summed E-state index contributed by atoms with van der Waals surface area (Å²) in [5, 5.41) is 13.1. The molecule has 1 aliphatic heterocycles. The van der Waals surface area contributed by atoms with E-state index in [4.69, 9.17) is 4.74 Å². The van der Waals surface area contributed by atoms with E-state index >= 15 is 0 Å². The van der Waals surface area contributed by atoms with E-state index in [0.717, 1.165) is 22.9 Å². The summed E-state index contributed by atoms with van der Waals surface area (Å²) in [7, 11) is 0. The van der Waals surface area contributed by atoms with Crippen LogP contribution in [0.5, 0.6) is 0 Å². The molecule has 1 aromatic heterocycles. The molecule has 3 heteroatoms. The zero-order chi connectivity index (χ0) is 15.3. The van der Waals surface area contributed by atoms with Crippen molar-refractivity contribution in [1.29, 1.82) is 0 Å². The number of hydrogen-bond donors (Lipinski definition) is 1. The molecule has 0 spiro atoms. The Bertz CT molecular complexity index is 658. The van der Waals surface area contributed by atoms with Crippen LogP contribution in [0.1, 0.15) is 45.9 Å². The van der Waals surface area contributed by atoms with Gasteiger partial charge in [-0.05, 0) is 45.6 Å². The maximum absolute atomic E-state index is 10.9. The van der Waals surface area contributed by atoms with Gasteiger partial charge in [-0.2, -0.15) is 0 Å². The van der Waals surface area contributed by atoms with Gasteiger partial charge in [-0.15, -0.1) is 0 Å². The minimum Gasteiger partial charge on any atom is -0.386 e. The summed E-state index contributed by atoms with van der Waals surface area (Å²) in [5.41, 5.74) is 0.189. The van der Waals surface area contributed by atoms with E-state index in [-0.39, 0.29) is 17.1 Å². The predicted molar refractivity (Wildman–Crippen MR) is 84.1 cm³/mol. The highest BCUT2D eigenvalue weighted by Crippen LogP contribution is 2.48. The molecule has 1 fully saturated rings. The van der Waals surface area contributed by atoms with E-state index < -0.39 is 6.10 Å². The van der Waals surface area contributed by atoms with Crippen molar-refractivity contribution in [1.82, 2.24) is 4.98 Å². The Morgan fingerprint density at radius 2 is 1.90 bits per heavy atom. The Morgan fingerprint density at radius 1 is 1.19 bits per heavy atom. The molecule has 2 atom stereocenters. The molecule has 0 saturated carbocycles. The molecule has 1 saturated heterocycles. The lowest BCUT2D eigenvalue weighted by molar-refractivity contribution is -0.0882. The summed E-state index contributed by atoms with van der Waals surface area (Å²) >= 11 is 0. The molecule has 2 aromatic rings. The van der Waals surface area contributed by atoms with Gasteiger partial charge < -0.3 is 9.84 Å². The Morgan fingerprint density at radius 3 is 2.57 bits per heavy atom. The van der Waals surface area contributed by atoms with Crippen LogP contribution in [0, 0.1) is 5.92 Å². The van der Waals surface area contributed by atoms with Crippen molar-refractivity contribution in [3.8, 4) is 0 Å². The molecule has 0 radical (unpaired) electrons. The van der Waals surface area contributed by atoms with Crippen LogP contribution in [0.2, 0.25) is 0 Å². The maximum Gasteiger partial charge on any atom is 0.102 e. The number of rotatable bonds is 2. The minimum atomic E-state index is -0.618. The summed E-state index contributed by atoms with van der Waals surface area (Å²) in [6, 6.07) is 10.0. The van der Waals surface area contributed by atoms with Gasteiger partial charge in [-0.25, -0.2) is 0 Å². The van der Waals surface area contributed by atoms with Gasteiger partial charge in [0, 0.05) is 17.5 Å². The number of aromatic nitrogens is 1. The van der Waals surface area contributed by atoms with Crippen LogP contribution in [0.4, 0.5) is 0 Å². The first-order valence-electron chi connectivity index (χ1n) is 7.52. The summed E-state index contributed by atoms with van der Waals surface area (Å²) in [6.45, 7) is 8.28. The Hall–Kier alpha value is -1.45. The maximum atomic E-state index is 10.9. The largest absolute Gasteiger partial charge is 0.386 e. The smallest absolute Gasteiger partial charge is 0.102 e. The number of fused-ring (bicyclic) bond motifs is 1. The number of ether oxygens (including phenoxy) is 1. The van der Waals surface area contributed by atoms with E-state index in [9.17, 15) is 5.11 Å².